The molecule has 0 bridgehead atoms. The van der Waals surface area contributed by atoms with Crippen molar-refractivity contribution in [1.82, 2.24) is 0 Å². The molecule has 25 heavy (non-hydrogen) atoms. The first-order chi connectivity index (χ1) is 12.1. The topological polar surface area (TPSA) is 79.6 Å². The van der Waals surface area contributed by atoms with Gasteiger partial charge in [-0.15, -0.1) is 0 Å². The van der Waals surface area contributed by atoms with Gasteiger partial charge in [0, 0.05) is 5.57 Å². The first kappa shape index (κ1) is 17.8. The molecule has 2 aromatic carbocycles. The van der Waals surface area contributed by atoms with E-state index in [4.69, 9.17) is 9.47 Å². The van der Waals surface area contributed by atoms with Crippen molar-refractivity contribution in [3.63, 3.8) is 0 Å². The molecule has 0 aromatic heterocycles. The van der Waals surface area contributed by atoms with Crippen LogP contribution in [0.25, 0.3) is 5.57 Å². The van der Waals surface area contributed by atoms with E-state index >= 15 is 0 Å². The molecule has 2 aromatic rings. The minimum Gasteiger partial charge on any atom is -0.504 e. The number of phenols is 1. The van der Waals surface area contributed by atoms with Gasteiger partial charge in [0.25, 0.3) is 0 Å². The third-order valence-corrected chi connectivity index (χ3v) is 3.49. The Bertz CT molecular complexity index is 848. The van der Waals surface area contributed by atoms with E-state index in [1.807, 2.05) is 36.4 Å². The first-order valence-corrected chi connectivity index (χ1v) is 7.46. The number of aromatic hydroxyl groups is 1. The summed E-state index contributed by atoms with van der Waals surface area (Å²) in [4.78, 5) is 12.3. The maximum Gasteiger partial charge on any atom is 0.349 e. The van der Waals surface area contributed by atoms with Crippen LogP contribution in [0.1, 0.15) is 11.1 Å². The van der Waals surface area contributed by atoms with E-state index in [1.54, 1.807) is 6.07 Å². The van der Waals surface area contributed by atoms with E-state index in [0.717, 1.165) is 5.56 Å². The monoisotopic (exact) mass is 335 g/mol. The molecule has 5 heteroatoms. The van der Waals surface area contributed by atoms with Crippen LogP contribution in [0.15, 0.2) is 66.8 Å². The molecule has 0 unspecified atom stereocenters. The molecule has 0 aliphatic heterocycles. The zero-order chi connectivity index (χ0) is 18.2. The van der Waals surface area contributed by atoms with Gasteiger partial charge in [-0.1, -0.05) is 49.1 Å². The smallest absolute Gasteiger partial charge is 0.349 e. The number of hydrogen-bond acceptors (Lipinski definition) is 5. The highest BCUT2D eigenvalue weighted by Gasteiger charge is 2.18. The SMILES string of the molecule is C=CC(=C(C#N)C(=O)OCc1ccccc1)c1ccc(O)c(OC)c1. The number of hydrogen-bond donors (Lipinski definition) is 1. The zero-order valence-corrected chi connectivity index (χ0v) is 13.7. The van der Waals surface area contributed by atoms with E-state index in [0.29, 0.717) is 11.1 Å². The lowest BCUT2D eigenvalue weighted by Gasteiger charge is -2.10. The highest BCUT2D eigenvalue weighted by molar-refractivity contribution is 6.03. The molecule has 2 rings (SSSR count). The Hall–Kier alpha value is -3.52. The molecule has 1 N–H and O–H groups in total. The summed E-state index contributed by atoms with van der Waals surface area (Å²) in [5.74, 6) is -0.556. The van der Waals surface area contributed by atoms with Crippen LogP contribution in [0.3, 0.4) is 0 Å². The number of esters is 1. The minimum atomic E-state index is -0.742. The molecule has 0 aliphatic rings. The zero-order valence-electron chi connectivity index (χ0n) is 13.7. The molecule has 0 saturated carbocycles. The molecule has 0 heterocycles. The molecule has 0 radical (unpaired) electrons. The van der Waals surface area contributed by atoms with Crippen LogP contribution in [-0.2, 0) is 16.1 Å². The summed E-state index contributed by atoms with van der Waals surface area (Å²) in [6, 6.07) is 15.6. The number of carbonyl (C=O) groups excluding carboxylic acids is 1. The molecule has 0 atom stereocenters. The Morgan fingerprint density at radius 3 is 2.60 bits per heavy atom. The molecule has 0 aliphatic carbocycles. The third kappa shape index (κ3) is 4.27. The summed E-state index contributed by atoms with van der Waals surface area (Å²) >= 11 is 0. The van der Waals surface area contributed by atoms with E-state index in [-0.39, 0.29) is 23.7 Å². The number of allylic oxidation sites excluding steroid dienone is 2. The lowest BCUT2D eigenvalue weighted by Crippen LogP contribution is -2.09. The summed E-state index contributed by atoms with van der Waals surface area (Å²) in [5.41, 5.74) is 1.47. The number of carbonyl (C=O) groups is 1. The van der Waals surface area contributed by atoms with Gasteiger partial charge >= 0.3 is 5.97 Å². The van der Waals surface area contributed by atoms with Crippen LogP contribution >= 0.6 is 0 Å². The number of benzene rings is 2. The van der Waals surface area contributed by atoms with Crippen LogP contribution < -0.4 is 4.74 Å². The van der Waals surface area contributed by atoms with Gasteiger partial charge in [0.05, 0.1) is 7.11 Å². The number of rotatable bonds is 6. The van der Waals surface area contributed by atoms with Crippen LogP contribution in [0.5, 0.6) is 11.5 Å². The van der Waals surface area contributed by atoms with E-state index < -0.39 is 5.97 Å². The van der Waals surface area contributed by atoms with Gasteiger partial charge in [-0.05, 0) is 23.3 Å². The lowest BCUT2D eigenvalue weighted by atomic mass is 10.00. The molecular weight excluding hydrogens is 318 g/mol. The number of methoxy groups -OCH3 is 1. The summed E-state index contributed by atoms with van der Waals surface area (Å²) in [6.07, 6.45) is 1.40. The fourth-order valence-electron chi connectivity index (χ4n) is 2.22. The number of phenolic OH excluding ortho intramolecular Hbond substituents is 1. The van der Waals surface area contributed by atoms with Crippen molar-refractivity contribution >= 4 is 11.5 Å². The van der Waals surface area contributed by atoms with Crippen molar-refractivity contribution in [2.75, 3.05) is 7.11 Å². The van der Waals surface area contributed by atoms with Crippen LogP contribution in [0.4, 0.5) is 0 Å². The Balaban J connectivity index is 2.32. The van der Waals surface area contributed by atoms with Crippen molar-refractivity contribution in [1.29, 1.82) is 5.26 Å². The van der Waals surface area contributed by atoms with Gasteiger partial charge in [-0.3, -0.25) is 0 Å². The second-order valence-electron chi connectivity index (χ2n) is 5.05. The standard InChI is InChI=1S/C20H17NO4/c1-3-16(15-9-10-18(22)19(11-15)24-2)17(12-21)20(23)25-13-14-7-5-4-6-8-14/h3-11,22H,1,13H2,2H3. The van der Waals surface area contributed by atoms with Crippen molar-refractivity contribution in [3.8, 4) is 17.6 Å². The Labute approximate surface area is 146 Å². The number of ether oxygens (including phenoxy) is 2. The van der Waals surface area contributed by atoms with Crippen LogP contribution in [-0.4, -0.2) is 18.2 Å². The van der Waals surface area contributed by atoms with E-state index in [1.165, 1.54) is 25.3 Å². The number of nitrogens with zero attached hydrogens (tertiary/aromatic N) is 1. The average molecular weight is 335 g/mol. The van der Waals surface area contributed by atoms with Crippen molar-refractivity contribution < 1.29 is 19.4 Å². The van der Waals surface area contributed by atoms with Crippen molar-refractivity contribution in [2.24, 2.45) is 0 Å². The highest BCUT2D eigenvalue weighted by atomic mass is 16.5. The van der Waals surface area contributed by atoms with Crippen LogP contribution in [0, 0.1) is 11.3 Å². The summed E-state index contributed by atoms with van der Waals surface area (Å²) in [7, 11) is 1.41. The predicted molar refractivity (Wildman–Crippen MR) is 93.6 cm³/mol. The van der Waals surface area contributed by atoms with Gasteiger partial charge in [-0.2, -0.15) is 5.26 Å². The van der Waals surface area contributed by atoms with E-state index in [9.17, 15) is 15.2 Å². The maximum absolute atomic E-state index is 12.3. The second-order valence-corrected chi connectivity index (χ2v) is 5.05. The largest absolute Gasteiger partial charge is 0.504 e. The molecule has 0 amide bonds. The highest BCUT2D eigenvalue weighted by Crippen LogP contribution is 2.31. The Morgan fingerprint density at radius 2 is 2.00 bits per heavy atom. The fourth-order valence-corrected chi connectivity index (χ4v) is 2.22. The van der Waals surface area contributed by atoms with Gasteiger partial charge in [0.2, 0.25) is 0 Å². The Kier molecular flexibility index (Phi) is 5.97. The summed E-state index contributed by atoms with van der Waals surface area (Å²) < 4.78 is 10.3. The van der Waals surface area contributed by atoms with Crippen LogP contribution in [0.2, 0.25) is 0 Å². The quantitative estimate of drug-likeness (QED) is 0.377. The molecule has 5 nitrogen and oxygen atoms in total. The fraction of sp³-hybridized carbons (Fsp3) is 0.100. The van der Waals surface area contributed by atoms with Gasteiger partial charge < -0.3 is 14.6 Å². The first-order valence-electron chi connectivity index (χ1n) is 7.46. The second kappa shape index (κ2) is 8.37. The summed E-state index contributed by atoms with van der Waals surface area (Å²) in [5, 5.41) is 19.1. The number of nitriles is 1. The summed E-state index contributed by atoms with van der Waals surface area (Å²) in [6.45, 7) is 3.73. The third-order valence-electron chi connectivity index (χ3n) is 3.49. The van der Waals surface area contributed by atoms with Gasteiger partial charge in [0.1, 0.15) is 18.2 Å². The Morgan fingerprint density at radius 1 is 1.28 bits per heavy atom. The molecule has 0 fully saturated rings. The van der Waals surface area contributed by atoms with Crippen molar-refractivity contribution in [2.45, 2.75) is 6.61 Å². The lowest BCUT2D eigenvalue weighted by molar-refractivity contribution is -0.139. The van der Waals surface area contributed by atoms with Gasteiger partial charge in [-0.25, -0.2) is 4.79 Å². The van der Waals surface area contributed by atoms with Crippen molar-refractivity contribution in [3.05, 3.63) is 77.9 Å². The normalized spacial score (nSPS) is 11.0. The predicted octanol–water partition coefficient (Wildman–Crippen LogP) is 3.61. The minimum absolute atomic E-state index is 0.0418. The maximum atomic E-state index is 12.3. The van der Waals surface area contributed by atoms with E-state index in [2.05, 4.69) is 6.58 Å². The molecule has 0 saturated heterocycles. The van der Waals surface area contributed by atoms with Gasteiger partial charge in [0.15, 0.2) is 11.5 Å². The molecule has 126 valence electrons. The molecular formula is C20H17NO4. The average Bonchev–Trinajstić information content (AvgIpc) is 2.65. The molecule has 0 spiro atoms.